The van der Waals surface area contributed by atoms with E-state index >= 15 is 0 Å². The molecule has 1 aliphatic rings. The maximum Gasteiger partial charge on any atom is 0.341 e. The number of nitro groups is 1. The summed E-state index contributed by atoms with van der Waals surface area (Å²) in [4.78, 5) is 63.9. The number of fused-ring (bicyclic) bond motifs is 1. The molecule has 3 aromatic rings. The fraction of sp³-hybridized carbons (Fsp3) is 0.259. The van der Waals surface area contributed by atoms with Crippen LogP contribution >= 0.6 is 23.1 Å². The van der Waals surface area contributed by atoms with Crippen LogP contribution in [0.1, 0.15) is 45.0 Å². The Balaban J connectivity index is 1.45. The molecule has 1 atom stereocenters. The maximum atomic E-state index is 13.1. The lowest BCUT2D eigenvalue weighted by atomic mass is 10.0. The molecular formula is C27H26N4O7S2. The number of hydrogen-bond acceptors (Lipinski definition) is 9. The number of carbonyl (C=O) groups excluding carboxylic acids is 4. The summed E-state index contributed by atoms with van der Waals surface area (Å²) < 4.78 is 4.97. The molecule has 0 saturated carbocycles. The number of thiophene rings is 1. The second kappa shape index (κ2) is 12.3. The van der Waals surface area contributed by atoms with E-state index in [1.165, 1.54) is 61.4 Å². The number of methoxy groups -OCH3 is 1. The van der Waals surface area contributed by atoms with Gasteiger partial charge in [0.15, 0.2) is 0 Å². The topological polar surface area (TPSA) is 148 Å². The van der Waals surface area contributed by atoms with Crippen molar-refractivity contribution in [1.82, 2.24) is 4.90 Å². The van der Waals surface area contributed by atoms with Crippen molar-refractivity contribution in [3.63, 3.8) is 0 Å². The molecule has 0 aliphatic carbocycles. The molecule has 1 unspecified atom stereocenters. The SMILES string of the molecule is COC(=O)c1c(NC(=O)C(C)Sc2cccc(NC(=O)c3cccc([N+](=O)[O-])c3)c2)sc2c1CCN(C(C)=O)C2. The summed E-state index contributed by atoms with van der Waals surface area (Å²) in [6.07, 6.45) is 0.491. The van der Waals surface area contributed by atoms with Gasteiger partial charge >= 0.3 is 5.97 Å². The molecule has 2 heterocycles. The second-order valence-corrected chi connectivity index (χ2v) is 11.4. The van der Waals surface area contributed by atoms with E-state index in [9.17, 15) is 29.3 Å². The minimum absolute atomic E-state index is 0.0576. The number of ether oxygens (including phenoxy) is 1. The van der Waals surface area contributed by atoms with E-state index in [4.69, 9.17) is 4.74 Å². The van der Waals surface area contributed by atoms with Crippen molar-refractivity contribution in [3.05, 3.63) is 80.2 Å². The van der Waals surface area contributed by atoms with Crippen LogP contribution < -0.4 is 10.6 Å². The molecule has 11 nitrogen and oxygen atoms in total. The highest BCUT2D eigenvalue weighted by Crippen LogP contribution is 2.38. The van der Waals surface area contributed by atoms with E-state index in [0.717, 1.165) is 10.4 Å². The Morgan fingerprint density at radius 2 is 1.88 bits per heavy atom. The van der Waals surface area contributed by atoms with Gasteiger partial charge in [0.1, 0.15) is 5.00 Å². The van der Waals surface area contributed by atoms with Crippen LogP contribution in [-0.2, 0) is 27.3 Å². The highest BCUT2D eigenvalue weighted by molar-refractivity contribution is 8.00. The van der Waals surface area contributed by atoms with Crippen molar-refractivity contribution >= 4 is 63.2 Å². The number of anilines is 2. The normalized spacial score (nSPS) is 13.1. The van der Waals surface area contributed by atoms with Crippen LogP contribution in [0.15, 0.2) is 53.4 Å². The van der Waals surface area contributed by atoms with E-state index in [1.54, 1.807) is 36.1 Å². The highest BCUT2D eigenvalue weighted by atomic mass is 32.2. The Kier molecular flexibility index (Phi) is 8.85. The van der Waals surface area contributed by atoms with E-state index < -0.39 is 22.0 Å². The lowest BCUT2D eigenvalue weighted by Gasteiger charge is -2.25. The third-order valence-electron chi connectivity index (χ3n) is 6.22. The number of carbonyl (C=O) groups is 4. The Morgan fingerprint density at radius 3 is 2.58 bits per heavy atom. The lowest BCUT2D eigenvalue weighted by molar-refractivity contribution is -0.384. The predicted molar refractivity (Wildman–Crippen MR) is 152 cm³/mol. The quantitative estimate of drug-likeness (QED) is 0.168. The fourth-order valence-electron chi connectivity index (χ4n) is 4.16. The maximum absolute atomic E-state index is 13.1. The molecule has 1 aliphatic heterocycles. The van der Waals surface area contributed by atoms with Crippen LogP contribution in [0.4, 0.5) is 16.4 Å². The minimum Gasteiger partial charge on any atom is -0.465 e. The monoisotopic (exact) mass is 582 g/mol. The summed E-state index contributed by atoms with van der Waals surface area (Å²) in [7, 11) is 1.28. The van der Waals surface area contributed by atoms with Crippen molar-refractivity contribution in [1.29, 1.82) is 0 Å². The lowest BCUT2D eigenvalue weighted by Crippen LogP contribution is -2.33. The van der Waals surface area contributed by atoms with Crippen molar-refractivity contribution in [2.75, 3.05) is 24.3 Å². The zero-order chi connectivity index (χ0) is 29.0. The average Bonchev–Trinajstić information content (AvgIpc) is 3.29. The average molecular weight is 583 g/mol. The van der Waals surface area contributed by atoms with E-state index in [2.05, 4.69) is 10.6 Å². The second-order valence-electron chi connectivity index (χ2n) is 8.93. The largest absolute Gasteiger partial charge is 0.465 e. The Labute approximate surface area is 238 Å². The number of amides is 3. The molecule has 0 saturated heterocycles. The zero-order valence-corrected chi connectivity index (χ0v) is 23.5. The van der Waals surface area contributed by atoms with Gasteiger partial charge in [0.05, 0.1) is 29.4 Å². The predicted octanol–water partition coefficient (Wildman–Crippen LogP) is 4.72. The van der Waals surface area contributed by atoms with Crippen molar-refractivity contribution < 1.29 is 28.8 Å². The Hall–Kier alpha value is -4.23. The summed E-state index contributed by atoms with van der Waals surface area (Å²) in [5, 5.41) is 16.4. The van der Waals surface area contributed by atoms with E-state index in [1.807, 2.05) is 0 Å². The molecule has 40 heavy (non-hydrogen) atoms. The number of benzene rings is 2. The standard InChI is InChI=1S/C27H26N4O7S2/c1-15(24(33)29-26-23(27(35)38-3)21-10-11-30(16(2)32)14-22(21)40-26)39-20-9-5-7-18(13-20)28-25(34)17-6-4-8-19(12-17)31(36)37/h4-9,12-13,15H,10-11,14H2,1-3H3,(H,28,34)(H,29,33). The van der Waals surface area contributed by atoms with Crippen LogP contribution in [0, 0.1) is 10.1 Å². The first-order valence-electron chi connectivity index (χ1n) is 12.2. The first-order chi connectivity index (χ1) is 19.1. The number of nitro benzene ring substituents is 1. The fourth-order valence-corrected chi connectivity index (χ4v) is 6.34. The number of thioether (sulfide) groups is 1. The van der Waals surface area contributed by atoms with Gasteiger partial charge in [-0.1, -0.05) is 12.1 Å². The zero-order valence-electron chi connectivity index (χ0n) is 21.9. The van der Waals surface area contributed by atoms with Gasteiger partial charge in [0, 0.05) is 46.6 Å². The van der Waals surface area contributed by atoms with Gasteiger partial charge in [-0.2, -0.15) is 0 Å². The first-order valence-corrected chi connectivity index (χ1v) is 13.9. The summed E-state index contributed by atoms with van der Waals surface area (Å²) in [6, 6.07) is 12.3. The molecule has 0 radical (unpaired) electrons. The third-order valence-corrected chi connectivity index (χ3v) is 8.45. The van der Waals surface area contributed by atoms with Gasteiger partial charge in [-0.05, 0) is 43.2 Å². The molecule has 3 amide bonds. The van der Waals surface area contributed by atoms with Crippen molar-refractivity contribution in [2.45, 2.75) is 37.0 Å². The Bertz CT molecular complexity index is 1500. The summed E-state index contributed by atoms with van der Waals surface area (Å²) in [5.74, 6) is -1.44. The molecule has 1 aromatic heterocycles. The summed E-state index contributed by atoms with van der Waals surface area (Å²) >= 11 is 2.52. The van der Waals surface area contributed by atoms with Gasteiger partial charge in [0.25, 0.3) is 11.6 Å². The minimum atomic E-state index is -0.569. The van der Waals surface area contributed by atoms with Gasteiger partial charge < -0.3 is 20.3 Å². The van der Waals surface area contributed by atoms with Crippen molar-refractivity contribution in [3.8, 4) is 0 Å². The van der Waals surface area contributed by atoms with Gasteiger partial charge in [-0.15, -0.1) is 23.1 Å². The first kappa shape index (κ1) is 28.8. The van der Waals surface area contributed by atoms with Crippen LogP contribution in [0.5, 0.6) is 0 Å². The molecule has 2 aromatic carbocycles. The number of rotatable bonds is 8. The van der Waals surface area contributed by atoms with Gasteiger partial charge in [-0.25, -0.2) is 4.79 Å². The molecule has 4 rings (SSSR count). The molecule has 0 fully saturated rings. The van der Waals surface area contributed by atoms with Gasteiger partial charge in [-0.3, -0.25) is 24.5 Å². The van der Waals surface area contributed by atoms with Crippen LogP contribution in [-0.4, -0.2) is 52.4 Å². The van der Waals surface area contributed by atoms with Crippen LogP contribution in [0.2, 0.25) is 0 Å². The third kappa shape index (κ3) is 6.49. The van der Waals surface area contributed by atoms with Crippen molar-refractivity contribution in [2.24, 2.45) is 0 Å². The summed E-state index contributed by atoms with van der Waals surface area (Å²) in [6.45, 7) is 4.07. The Morgan fingerprint density at radius 1 is 1.12 bits per heavy atom. The molecule has 208 valence electrons. The molecule has 13 heteroatoms. The van der Waals surface area contributed by atoms with E-state index in [0.29, 0.717) is 40.7 Å². The van der Waals surface area contributed by atoms with E-state index in [-0.39, 0.29) is 23.1 Å². The smallest absolute Gasteiger partial charge is 0.341 e. The molecule has 0 bridgehead atoms. The van der Waals surface area contributed by atoms with Gasteiger partial charge in [0.2, 0.25) is 11.8 Å². The highest BCUT2D eigenvalue weighted by Gasteiger charge is 2.30. The number of nitrogens with zero attached hydrogens (tertiary/aromatic N) is 2. The van der Waals surface area contributed by atoms with Crippen LogP contribution in [0.25, 0.3) is 0 Å². The molecule has 2 N–H and O–H groups in total. The number of esters is 1. The summed E-state index contributed by atoms with van der Waals surface area (Å²) in [5.41, 5.74) is 1.53. The number of hydrogen-bond donors (Lipinski definition) is 2. The number of nitrogens with one attached hydrogen (secondary N) is 2. The molecule has 0 spiro atoms. The molecular weight excluding hydrogens is 556 g/mol. The van der Waals surface area contributed by atoms with Crippen LogP contribution in [0.3, 0.4) is 0 Å². The number of non-ortho nitro benzene ring substituents is 1.